The Hall–Kier alpha value is -7.94. The molecule has 6 aromatic heterocycles. The number of aromatic nitrogens is 10. The van der Waals surface area contributed by atoms with Crippen LogP contribution in [-0.2, 0) is 9.23 Å². The molecule has 11 aromatic rings. The average Bonchev–Trinajstić information content (AvgIpc) is 3.40. The SMILES string of the molecule is Cl.N[C@@H]1CN2CCC1CC2.O=C(N[C@@H]1CN2CCC1CC2)c1n[nH]c2ccccc12.O=C(N[C@@H]1CN2CCC1CC2)c1n[nH]c2ccccc12.O=C(O)c1n[nH]c2ccccc12.O=S(Cl)Cl.O=c1c2c3ccccc3nn2c(=O)c2c3ccccc3nn12. The van der Waals surface area contributed by atoms with Gasteiger partial charge in [0.1, 0.15) is 11.0 Å². The molecule has 6 bridgehead atoms. The molecule has 88 heavy (non-hydrogen) atoms. The highest BCUT2D eigenvalue weighted by molar-refractivity contribution is 8.26. The number of carbonyl (C=O) groups is 3. The van der Waals surface area contributed by atoms with E-state index < -0.39 is 15.2 Å². The van der Waals surface area contributed by atoms with Crippen LogP contribution in [0.4, 0.5) is 0 Å². The standard InChI is InChI=1S/C16H8N4O2.2C15H18N4O.C8H6N2O2.C7H14N2.Cl2OS.ClH/c21-15-13-9-5-1-3-7-11(9)17-19(13)16(22)14-10-6-2-4-8-12(10)18-20(14)15;2*20-15(14-11-3-1-2-4-12(11)17-18-14)16-13-9-19-7-5-10(13)6-8-19;11-8(12)7-5-3-1-2-4-6(5)9-10-7;8-7-5-9-3-1-6(7)2-4-9;1-4(2)3;/h1-8H;2*1-4,10,13H,5-9H2,(H,16,20)(H,17,18);1-4H,(H,9,10)(H,11,12);6-7H,1-5,8H2;;1H/t;2*13-;;7-;;/m.11.1../s1. The summed E-state index contributed by atoms with van der Waals surface area (Å²) in [7, 11) is 7.36. The highest BCUT2D eigenvalue weighted by Gasteiger charge is 2.37. The molecule has 2 amide bonds. The molecular weight excluding hydrogens is 1210 g/mol. The first kappa shape index (κ1) is 61.7. The predicted octanol–water partition coefficient (Wildman–Crippen LogP) is 6.99. The summed E-state index contributed by atoms with van der Waals surface area (Å²) in [5, 5.41) is 47.8. The minimum absolute atomic E-state index is 0. The van der Waals surface area contributed by atoms with E-state index in [1.807, 2.05) is 78.9 Å². The summed E-state index contributed by atoms with van der Waals surface area (Å²) < 4.78 is 11.5. The first-order valence-electron chi connectivity index (χ1n) is 29.1. The first-order chi connectivity index (χ1) is 42.3. The molecule has 8 N–H and O–H groups in total. The van der Waals surface area contributed by atoms with Crippen LogP contribution in [0.2, 0.25) is 0 Å². The summed E-state index contributed by atoms with van der Waals surface area (Å²) >= 11 is 0. The van der Waals surface area contributed by atoms with Gasteiger partial charge in [-0.15, -0.1) is 12.4 Å². The quantitative estimate of drug-likeness (QED) is 0.0855. The number of fused-ring (bicyclic) bond motifs is 18. The fraction of sp³-hybridized carbons (Fsp3) is 0.344. The summed E-state index contributed by atoms with van der Waals surface area (Å²) in [6.45, 7) is 10.5. The van der Waals surface area contributed by atoms with Gasteiger partial charge in [0.25, 0.3) is 22.9 Å². The number of amides is 2. The van der Waals surface area contributed by atoms with Gasteiger partial charge in [-0.3, -0.25) is 34.5 Å². The molecule has 0 aliphatic carbocycles. The monoisotopic (exact) mass is 1270 g/mol. The topological polar surface area (TPSA) is 303 Å². The molecule has 9 fully saturated rings. The molecule has 27 heteroatoms. The number of H-pyrrole nitrogens is 3. The van der Waals surface area contributed by atoms with Gasteiger partial charge in [-0.1, -0.05) is 91.0 Å². The molecule has 3 atom stereocenters. The molecule has 0 saturated carbocycles. The molecule has 15 heterocycles. The molecule has 20 rings (SSSR count). The highest BCUT2D eigenvalue weighted by Crippen LogP contribution is 2.30. The Morgan fingerprint density at radius 3 is 1.14 bits per heavy atom. The van der Waals surface area contributed by atoms with Gasteiger partial charge in [0, 0.05) is 86.1 Å². The Morgan fingerprint density at radius 1 is 0.500 bits per heavy atom. The summed E-state index contributed by atoms with van der Waals surface area (Å²) in [6, 6.07) is 38.1. The summed E-state index contributed by atoms with van der Waals surface area (Å²) in [4.78, 5) is 68.4. The average molecular weight is 1270 g/mol. The second kappa shape index (κ2) is 27.2. The smallest absolute Gasteiger partial charge is 0.357 e. The van der Waals surface area contributed by atoms with Gasteiger partial charge in [0.15, 0.2) is 17.1 Å². The lowest BCUT2D eigenvalue weighted by molar-refractivity contribution is 0.0615. The van der Waals surface area contributed by atoms with Gasteiger partial charge < -0.3 is 36.2 Å². The molecular formula is C61H65Cl3N16O7S. The molecule has 23 nitrogen and oxygen atoms in total. The van der Waals surface area contributed by atoms with Crippen molar-refractivity contribution in [1.82, 2.24) is 75.2 Å². The van der Waals surface area contributed by atoms with Crippen molar-refractivity contribution < 1.29 is 23.7 Å². The van der Waals surface area contributed by atoms with Gasteiger partial charge >= 0.3 is 5.97 Å². The Balaban J connectivity index is 0.000000115. The summed E-state index contributed by atoms with van der Waals surface area (Å²) in [5.41, 5.74) is 10.6. The van der Waals surface area contributed by atoms with Gasteiger partial charge in [0.05, 0.1) is 27.6 Å². The summed E-state index contributed by atoms with van der Waals surface area (Å²) in [5.74, 6) is 1.01. The van der Waals surface area contributed by atoms with Crippen LogP contribution in [0.3, 0.4) is 0 Å². The van der Waals surface area contributed by atoms with E-state index in [1.165, 1.54) is 86.8 Å². The van der Waals surface area contributed by atoms with Crippen molar-refractivity contribution in [3.05, 3.63) is 159 Å². The zero-order valence-corrected chi connectivity index (χ0v) is 50.8. The zero-order valence-electron chi connectivity index (χ0n) is 47.6. The number of hydrogen-bond donors (Lipinski definition) is 7. The normalized spacial score (nSPS) is 22.9. The first-order valence-corrected chi connectivity index (χ1v) is 31.9. The molecule has 0 radical (unpaired) electrons. The van der Waals surface area contributed by atoms with E-state index in [1.54, 1.807) is 42.5 Å². The summed E-state index contributed by atoms with van der Waals surface area (Å²) in [6.07, 6.45) is 7.50. The van der Waals surface area contributed by atoms with Crippen molar-refractivity contribution in [3.8, 4) is 0 Å². The number of para-hydroxylation sites is 3. The molecule has 0 unspecified atom stereocenters. The van der Waals surface area contributed by atoms with Crippen molar-refractivity contribution in [2.24, 2.45) is 23.5 Å². The Labute approximate surface area is 520 Å². The maximum atomic E-state index is 12.8. The number of piperidine rings is 9. The third-order valence-corrected chi connectivity index (χ3v) is 17.6. The van der Waals surface area contributed by atoms with Crippen LogP contribution in [-0.4, -0.2) is 169 Å². The predicted molar refractivity (Wildman–Crippen MR) is 343 cm³/mol. The van der Waals surface area contributed by atoms with E-state index in [0.717, 1.165) is 52.9 Å². The van der Waals surface area contributed by atoms with E-state index >= 15 is 0 Å². The second-order valence-electron chi connectivity index (χ2n) is 22.7. The van der Waals surface area contributed by atoms with Crippen molar-refractivity contribution in [2.75, 3.05) is 58.9 Å². The molecule has 9 aliphatic heterocycles. The number of carboxylic acid groups (broad SMARTS) is 1. The maximum absolute atomic E-state index is 12.8. The fourth-order valence-corrected chi connectivity index (χ4v) is 13.1. The van der Waals surface area contributed by atoms with E-state index in [0.29, 0.717) is 56.5 Å². The van der Waals surface area contributed by atoms with Crippen LogP contribution in [0.25, 0.3) is 65.5 Å². The lowest BCUT2D eigenvalue weighted by atomic mass is 9.84. The molecule has 5 aromatic carbocycles. The number of halogens is 3. The van der Waals surface area contributed by atoms with Crippen molar-refractivity contribution >= 4 is 126 Å². The van der Waals surface area contributed by atoms with Gasteiger partial charge in [0.2, 0.25) is 9.23 Å². The number of aromatic carboxylic acids is 1. The van der Waals surface area contributed by atoms with Crippen molar-refractivity contribution in [2.45, 2.75) is 56.7 Å². The number of nitrogens with zero attached hydrogens (tertiary/aromatic N) is 10. The molecule has 9 aliphatic rings. The third-order valence-electron chi connectivity index (χ3n) is 17.6. The minimum Gasteiger partial charge on any atom is -0.476 e. The highest BCUT2D eigenvalue weighted by atomic mass is 36.0. The van der Waals surface area contributed by atoms with Crippen LogP contribution in [0, 0.1) is 17.8 Å². The van der Waals surface area contributed by atoms with Crippen LogP contribution in [0.5, 0.6) is 0 Å². The Kier molecular flexibility index (Phi) is 19.1. The van der Waals surface area contributed by atoms with Crippen LogP contribution < -0.4 is 27.5 Å². The number of hydrogen-bond acceptors (Lipinski definition) is 15. The number of rotatable bonds is 5. The van der Waals surface area contributed by atoms with Gasteiger partial charge in [-0.25, -0.2) is 9.00 Å². The fourth-order valence-electron chi connectivity index (χ4n) is 13.1. The second-order valence-corrected chi connectivity index (χ2v) is 25.3. The van der Waals surface area contributed by atoms with E-state index in [9.17, 15) is 24.0 Å². The zero-order chi connectivity index (χ0) is 60.3. The molecule has 458 valence electrons. The van der Waals surface area contributed by atoms with Crippen LogP contribution in [0.1, 0.15) is 70.0 Å². The molecule has 9 saturated heterocycles. The van der Waals surface area contributed by atoms with Gasteiger partial charge in [-0.05, 0) is 126 Å². The van der Waals surface area contributed by atoms with E-state index in [-0.39, 0.29) is 64.2 Å². The lowest BCUT2D eigenvalue weighted by Crippen LogP contribution is -2.57. The van der Waals surface area contributed by atoms with Crippen molar-refractivity contribution in [1.29, 1.82) is 0 Å². The Bertz CT molecular complexity index is 4220. The minimum atomic E-state index is -1.67. The maximum Gasteiger partial charge on any atom is 0.357 e. The number of benzene rings is 5. The largest absolute Gasteiger partial charge is 0.476 e. The van der Waals surface area contributed by atoms with E-state index in [2.05, 4.69) is 87.5 Å². The van der Waals surface area contributed by atoms with Crippen molar-refractivity contribution in [3.63, 3.8) is 0 Å². The molecule has 0 spiro atoms. The number of carbonyl (C=O) groups excluding carboxylic acids is 2. The van der Waals surface area contributed by atoms with E-state index in [4.69, 9.17) is 15.0 Å². The van der Waals surface area contributed by atoms with Gasteiger partial charge in [-0.2, -0.15) is 34.5 Å². The third kappa shape index (κ3) is 13.1. The Morgan fingerprint density at radius 2 is 0.818 bits per heavy atom. The number of nitrogens with one attached hydrogen (secondary N) is 5. The van der Waals surface area contributed by atoms with Crippen LogP contribution in [0.15, 0.2) is 131 Å². The lowest BCUT2D eigenvalue weighted by Gasteiger charge is -2.44. The van der Waals surface area contributed by atoms with Crippen LogP contribution >= 0.6 is 33.8 Å². The number of nitrogens with two attached hydrogens (primary N) is 1. The number of aromatic amines is 3. The number of carboxylic acids is 1.